The molecule has 0 atom stereocenters. The summed E-state index contributed by atoms with van der Waals surface area (Å²) in [6.07, 6.45) is 1.43. The molecule has 5 rings (SSSR count). The van der Waals surface area contributed by atoms with Gasteiger partial charge in [-0.1, -0.05) is 18.2 Å². The van der Waals surface area contributed by atoms with Crippen LogP contribution in [0.4, 0.5) is 13.2 Å². The fourth-order valence-electron chi connectivity index (χ4n) is 4.75. The average Bonchev–Trinajstić information content (AvgIpc) is 3.45. The van der Waals surface area contributed by atoms with Crippen LogP contribution < -0.4 is 10.6 Å². The van der Waals surface area contributed by atoms with Gasteiger partial charge in [0, 0.05) is 31.1 Å². The number of hydrogen-bond donors (Lipinski definition) is 2. The van der Waals surface area contributed by atoms with Crippen molar-refractivity contribution in [2.24, 2.45) is 11.8 Å². The molecule has 13 heteroatoms. The van der Waals surface area contributed by atoms with Crippen LogP contribution >= 0.6 is 0 Å². The Morgan fingerprint density at radius 1 is 1.00 bits per heavy atom. The van der Waals surface area contributed by atoms with Crippen LogP contribution in [0.15, 0.2) is 40.9 Å². The second-order valence-electron chi connectivity index (χ2n) is 10.3. The Balaban J connectivity index is 1.05. The predicted molar refractivity (Wildman–Crippen MR) is 135 cm³/mol. The molecule has 2 fully saturated rings. The number of carbonyl (C=O) groups excluding carboxylic acids is 2. The van der Waals surface area contributed by atoms with Crippen LogP contribution in [-0.2, 0) is 22.3 Å². The summed E-state index contributed by atoms with van der Waals surface area (Å²) in [5.41, 5.74) is -1.46. The fraction of sp³-hybridized carbons (Fsp3) is 0.519. The van der Waals surface area contributed by atoms with E-state index in [4.69, 9.17) is 9.15 Å². The second-order valence-corrected chi connectivity index (χ2v) is 10.3. The van der Waals surface area contributed by atoms with Gasteiger partial charge in [0.1, 0.15) is 6.61 Å². The molecular weight excluding hydrogens is 529 g/mol. The van der Waals surface area contributed by atoms with Gasteiger partial charge in [-0.15, -0.1) is 10.2 Å². The predicted octanol–water partition coefficient (Wildman–Crippen LogP) is 4.02. The van der Waals surface area contributed by atoms with Crippen LogP contribution in [0.3, 0.4) is 0 Å². The van der Waals surface area contributed by atoms with Gasteiger partial charge in [-0.2, -0.15) is 18.3 Å². The molecule has 0 saturated heterocycles. The monoisotopic (exact) mass is 560 g/mol. The number of halogens is 3. The van der Waals surface area contributed by atoms with Crippen molar-refractivity contribution in [3.63, 3.8) is 0 Å². The highest BCUT2D eigenvalue weighted by Gasteiger charge is 2.39. The second kappa shape index (κ2) is 12.2. The maximum atomic E-state index is 13.5. The quantitative estimate of drug-likeness (QED) is 0.340. The Morgan fingerprint density at radius 3 is 2.42 bits per heavy atom. The molecule has 2 saturated carbocycles. The summed E-state index contributed by atoms with van der Waals surface area (Å²) in [7, 11) is 0. The smallest absolute Gasteiger partial charge is 0.422 e. The summed E-state index contributed by atoms with van der Waals surface area (Å²) in [5.74, 6) is 0.520. The third-order valence-corrected chi connectivity index (χ3v) is 7.16. The zero-order chi connectivity index (χ0) is 28.1. The number of para-hydroxylation sites is 1. The largest absolute Gasteiger partial charge is 0.435 e. The number of carbonyl (C=O) groups is 2. The van der Waals surface area contributed by atoms with Crippen LogP contribution in [0.1, 0.15) is 72.3 Å². The van der Waals surface area contributed by atoms with E-state index in [1.165, 1.54) is 12.8 Å². The molecule has 3 aromatic rings. The summed E-state index contributed by atoms with van der Waals surface area (Å²) in [6, 6.07) is 8.22. The Kier molecular flexibility index (Phi) is 8.48. The zero-order valence-corrected chi connectivity index (χ0v) is 21.8. The van der Waals surface area contributed by atoms with Crippen molar-refractivity contribution in [3.05, 3.63) is 59.6 Å². The lowest BCUT2D eigenvalue weighted by Gasteiger charge is -2.25. The third-order valence-electron chi connectivity index (χ3n) is 7.16. The molecule has 0 unspecified atom stereocenters. The van der Waals surface area contributed by atoms with Gasteiger partial charge in [-0.05, 0) is 56.6 Å². The molecule has 0 bridgehead atoms. The Hall–Kier alpha value is -3.74. The lowest BCUT2D eigenvalue weighted by atomic mass is 9.81. The van der Waals surface area contributed by atoms with Gasteiger partial charge in [0.25, 0.3) is 5.91 Å². The molecule has 2 aliphatic rings. The van der Waals surface area contributed by atoms with Gasteiger partial charge in [-0.3, -0.25) is 9.59 Å². The minimum absolute atomic E-state index is 0.0265. The molecule has 0 radical (unpaired) electrons. The first kappa shape index (κ1) is 27.8. The van der Waals surface area contributed by atoms with E-state index >= 15 is 0 Å². The highest BCUT2D eigenvalue weighted by molar-refractivity contribution is 5.95. The Morgan fingerprint density at radius 2 is 1.73 bits per heavy atom. The van der Waals surface area contributed by atoms with E-state index in [0.717, 1.165) is 30.3 Å². The summed E-state index contributed by atoms with van der Waals surface area (Å²) in [4.78, 5) is 25.2. The Bertz CT molecular complexity index is 1300. The molecule has 214 valence electrons. The van der Waals surface area contributed by atoms with Gasteiger partial charge < -0.3 is 19.8 Å². The van der Waals surface area contributed by atoms with Crippen LogP contribution in [0.25, 0.3) is 5.69 Å². The maximum absolute atomic E-state index is 13.5. The highest BCUT2D eigenvalue weighted by atomic mass is 19.4. The van der Waals surface area contributed by atoms with Crippen molar-refractivity contribution < 1.29 is 31.9 Å². The van der Waals surface area contributed by atoms with E-state index in [0.29, 0.717) is 42.8 Å². The van der Waals surface area contributed by atoms with Crippen molar-refractivity contribution in [1.82, 2.24) is 30.6 Å². The molecular formula is C27H31F3N6O4. The van der Waals surface area contributed by atoms with Crippen molar-refractivity contribution in [3.8, 4) is 5.69 Å². The van der Waals surface area contributed by atoms with E-state index in [1.54, 1.807) is 30.3 Å². The summed E-state index contributed by atoms with van der Waals surface area (Å²) < 4.78 is 52.9. The van der Waals surface area contributed by atoms with Crippen LogP contribution in [-0.4, -0.2) is 51.5 Å². The van der Waals surface area contributed by atoms with Crippen molar-refractivity contribution in [1.29, 1.82) is 0 Å². The van der Waals surface area contributed by atoms with Crippen molar-refractivity contribution in [2.45, 2.75) is 57.2 Å². The van der Waals surface area contributed by atoms with Crippen LogP contribution in [0, 0.1) is 11.8 Å². The number of nitrogens with one attached hydrogen (secondary N) is 2. The SMILES string of the molecule is O=C(NCCNC(=O)[C@H]1CC[C@H](c2nnc(COCC3CC3)o2)CC1)c1cn(-c2ccccc2)nc1C(F)(F)F. The minimum atomic E-state index is -4.80. The number of benzene rings is 1. The first-order valence-corrected chi connectivity index (χ1v) is 13.5. The first-order valence-electron chi connectivity index (χ1n) is 13.5. The molecule has 0 aliphatic heterocycles. The van der Waals surface area contributed by atoms with Gasteiger partial charge in [0.05, 0.1) is 17.9 Å². The van der Waals surface area contributed by atoms with E-state index < -0.39 is 23.3 Å². The fourth-order valence-corrected chi connectivity index (χ4v) is 4.75. The van der Waals surface area contributed by atoms with E-state index in [2.05, 4.69) is 25.9 Å². The third kappa shape index (κ3) is 7.06. The normalized spacial score (nSPS) is 19.4. The molecule has 2 N–H and O–H groups in total. The molecule has 40 heavy (non-hydrogen) atoms. The number of alkyl halides is 3. The van der Waals surface area contributed by atoms with Crippen LogP contribution in [0.5, 0.6) is 0 Å². The number of amides is 2. The van der Waals surface area contributed by atoms with E-state index in [-0.39, 0.29) is 30.8 Å². The number of ether oxygens (including phenoxy) is 1. The first-order chi connectivity index (χ1) is 19.3. The van der Waals surface area contributed by atoms with Crippen LogP contribution in [0.2, 0.25) is 0 Å². The van der Waals surface area contributed by atoms with Gasteiger partial charge in [-0.25, -0.2) is 4.68 Å². The van der Waals surface area contributed by atoms with Gasteiger partial charge in [0.15, 0.2) is 5.69 Å². The number of hydrogen-bond acceptors (Lipinski definition) is 7. The molecule has 2 heterocycles. The minimum Gasteiger partial charge on any atom is -0.422 e. The summed E-state index contributed by atoms with van der Waals surface area (Å²) >= 11 is 0. The molecule has 10 nitrogen and oxygen atoms in total. The standard InChI is InChI=1S/C27H31F3N6O4/c28-27(29,30)23-21(14-36(35-23)20-4-2-1-3-5-20)25(38)32-13-12-31-24(37)18-8-10-19(11-9-18)26-34-33-22(40-26)16-39-15-17-6-7-17/h1-5,14,17-19H,6-13,15-16H2,(H,31,37)(H,32,38)/t18-,19-. The maximum Gasteiger partial charge on any atom is 0.435 e. The molecule has 2 amide bonds. The number of rotatable bonds is 11. The molecule has 2 aliphatic carbocycles. The van der Waals surface area contributed by atoms with Gasteiger partial charge in [0.2, 0.25) is 17.7 Å². The highest BCUT2D eigenvalue weighted by Crippen LogP contribution is 2.35. The lowest BCUT2D eigenvalue weighted by Crippen LogP contribution is -2.38. The average molecular weight is 561 g/mol. The van der Waals surface area contributed by atoms with E-state index in [9.17, 15) is 22.8 Å². The molecule has 2 aromatic heterocycles. The number of nitrogens with zero attached hydrogens (tertiary/aromatic N) is 4. The summed E-state index contributed by atoms with van der Waals surface area (Å²) in [5, 5.41) is 17.0. The summed E-state index contributed by atoms with van der Waals surface area (Å²) in [6.45, 7) is 1.09. The lowest BCUT2D eigenvalue weighted by molar-refractivity contribution is -0.141. The topological polar surface area (TPSA) is 124 Å². The van der Waals surface area contributed by atoms with Crippen molar-refractivity contribution >= 4 is 11.8 Å². The number of aromatic nitrogens is 4. The van der Waals surface area contributed by atoms with E-state index in [1.807, 2.05) is 0 Å². The van der Waals surface area contributed by atoms with Gasteiger partial charge >= 0.3 is 6.18 Å². The van der Waals surface area contributed by atoms with Crippen molar-refractivity contribution in [2.75, 3.05) is 19.7 Å². The Labute approximate surface area is 228 Å². The molecule has 1 aromatic carbocycles. The zero-order valence-electron chi connectivity index (χ0n) is 21.8. The molecule has 0 spiro atoms.